The van der Waals surface area contributed by atoms with Crippen LogP contribution in [0.4, 0.5) is 16.3 Å². The zero-order valence-electron chi connectivity index (χ0n) is 16.1. The van der Waals surface area contributed by atoms with E-state index in [1.807, 2.05) is 37.3 Å². The number of rotatable bonds is 5. The minimum Gasteiger partial charge on any atom is -0.383 e. The highest BCUT2D eigenvalue weighted by Crippen LogP contribution is 2.37. The number of urea groups is 1. The number of nitrogens with two attached hydrogens (primary N) is 1. The van der Waals surface area contributed by atoms with Crippen molar-refractivity contribution in [1.29, 1.82) is 0 Å². The first-order chi connectivity index (χ1) is 14.0. The zero-order chi connectivity index (χ0) is 20.4. The number of fused-ring (bicyclic) bond motifs is 3. The monoisotopic (exact) mass is 407 g/mol. The first-order valence-corrected chi connectivity index (χ1v) is 9.96. The van der Waals surface area contributed by atoms with Crippen LogP contribution in [0.2, 0.25) is 0 Å². The van der Waals surface area contributed by atoms with E-state index in [1.165, 1.54) is 6.33 Å². The van der Waals surface area contributed by atoms with Crippen molar-refractivity contribution >= 4 is 49.2 Å². The van der Waals surface area contributed by atoms with Gasteiger partial charge < -0.3 is 21.1 Å². The van der Waals surface area contributed by atoms with Crippen LogP contribution in [0.15, 0.2) is 48.8 Å². The predicted molar refractivity (Wildman–Crippen MR) is 118 cm³/mol. The SMILES string of the molecule is COCC(C)NC(=O)Nc1cccc(-c2ccc3c(c2)sc2c(N)ncnc23)c1. The van der Waals surface area contributed by atoms with E-state index in [0.29, 0.717) is 12.4 Å². The Bertz CT molecular complexity index is 1190. The number of nitrogens with one attached hydrogen (secondary N) is 2. The van der Waals surface area contributed by atoms with E-state index in [-0.39, 0.29) is 12.1 Å². The lowest BCUT2D eigenvalue weighted by Crippen LogP contribution is -2.38. The Balaban J connectivity index is 1.61. The smallest absolute Gasteiger partial charge is 0.319 e. The first kappa shape index (κ1) is 19.1. The molecule has 0 aliphatic heterocycles. The molecule has 0 saturated carbocycles. The van der Waals surface area contributed by atoms with Crippen LogP contribution in [0.3, 0.4) is 0 Å². The van der Waals surface area contributed by atoms with Gasteiger partial charge in [0, 0.05) is 22.9 Å². The second-order valence-electron chi connectivity index (χ2n) is 6.79. The highest BCUT2D eigenvalue weighted by molar-refractivity contribution is 7.26. The quantitative estimate of drug-likeness (QED) is 0.459. The standard InChI is InChI=1S/C21H21N5O2S/c1-12(10-28-2)25-21(27)26-15-5-3-4-13(8-15)14-6-7-16-17(9-14)29-19-18(16)23-11-24-20(19)22/h3-9,11-12H,10H2,1-2H3,(H2,22,23,24)(H2,25,26,27). The molecule has 1 atom stereocenters. The normalized spacial score (nSPS) is 12.2. The molecule has 0 saturated heterocycles. The van der Waals surface area contributed by atoms with Gasteiger partial charge in [0.2, 0.25) is 0 Å². The number of carbonyl (C=O) groups is 1. The van der Waals surface area contributed by atoms with Gasteiger partial charge >= 0.3 is 6.03 Å². The molecule has 1 unspecified atom stereocenters. The van der Waals surface area contributed by atoms with Gasteiger partial charge in [0.15, 0.2) is 0 Å². The Hall–Kier alpha value is -3.23. The lowest BCUT2D eigenvalue weighted by Gasteiger charge is -2.14. The van der Waals surface area contributed by atoms with Crippen LogP contribution in [-0.2, 0) is 4.74 Å². The second kappa shape index (κ2) is 8.02. The van der Waals surface area contributed by atoms with E-state index >= 15 is 0 Å². The number of ether oxygens (including phenoxy) is 1. The van der Waals surface area contributed by atoms with E-state index in [4.69, 9.17) is 10.5 Å². The molecule has 0 fully saturated rings. The van der Waals surface area contributed by atoms with Crippen LogP contribution in [0.1, 0.15) is 6.92 Å². The minimum absolute atomic E-state index is 0.0749. The Morgan fingerprint density at radius 1 is 1.21 bits per heavy atom. The van der Waals surface area contributed by atoms with Gasteiger partial charge in [0.1, 0.15) is 12.1 Å². The third kappa shape index (κ3) is 3.98. The van der Waals surface area contributed by atoms with Crippen molar-refractivity contribution in [2.75, 3.05) is 24.8 Å². The summed E-state index contributed by atoms with van der Waals surface area (Å²) in [6, 6.07) is 13.6. The van der Waals surface area contributed by atoms with E-state index in [1.54, 1.807) is 18.4 Å². The maximum atomic E-state index is 12.2. The molecule has 4 N–H and O–H groups in total. The Labute approximate surface area is 171 Å². The van der Waals surface area contributed by atoms with E-state index < -0.39 is 0 Å². The number of hydrogen-bond acceptors (Lipinski definition) is 6. The predicted octanol–water partition coefficient (Wildman–Crippen LogP) is 4.25. The van der Waals surface area contributed by atoms with Gasteiger partial charge in [-0.2, -0.15) is 0 Å². The third-order valence-corrected chi connectivity index (χ3v) is 5.69. The number of hydrogen-bond donors (Lipinski definition) is 3. The summed E-state index contributed by atoms with van der Waals surface area (Å²) in [5.41, 5.74) is 9.64. The minimum atomic E-state index is -0.263. The van der Waals surface area contributed by atoms with Gasteiger partial charge in [-0.05, 0) is 36.2 Å². The molecular formula is C21H21N5O2S. The molecule has 8 heteroatoms. The van der Waals surface area contributed by atoms with Crippen LogP contribution in [0.5, 0.6) is 0 Å². The number of aromatic nitrogens is 2. The summed E-state index contributed by atoms with van der Waals surface area (Å²) in [4.78, 5) is 20.6. The fraction of sp³-hybridized carbons (Fsp3) is 0.190. The molecule has 2 amide bonds. The average Bonchev–Trinajstić information content (AvgIpc) is 3.07. The Morgan fingerprint density at radius 2 is 2.03 bits per heavy atom. The zero-order valence-corrected chi connectivity index (χ0v) is 16.9. The van der Waals surface area contributed by atoms with Gasteiger partial charge in [-0.15, -0.1) is 11.3 Å². The number of amides is 2. The van der Waals surface area contributed by atoms with Crippen molar-refractivity contribution in [2.24, 2.45) is 0 Å². The Kier molecular flexibility index (Phi) is 5.28. The van der Waals surface area contributed by atoms with Crippen molar-refractivity contribution in [1.82, 2.24) is 15.3 Å². The van der Waals surface area contributed by atoms with Gasteiger partial charge in [-0.3, -0.25) is 0 Å². The molecule has 29 heavy (non-hydrogen) atoms. The molecule has 0 spiro atoms. The molecule has 4 aromatic rings. The summed E-state index contributed by atoms with van der Waals surface area (Å²) >= 11 is 1.58. The second-order valence-corrected chi connectivity index (χ2v) is 7.84. The number of carbonyl (C=O) groups excluding carboxylic acids is 1. The summed E-state index contributed by atoms with van der Waals surface area (Å²) in [6.45, 7) is 2.34. The summed E-state index contributed by atoms with van der Waals surface area (Å²) in [6.07, 6.45) is 1.49. The van der Waals surface area contributed by atoms with Crippen LogP contribution >= 0.6 is 11.3 Å². The van der Waals surface area contributed by atoms with Gasteiger partial charge in [-0.25, -0.2) is 14.8 Å². The van der Waals surface area contributed by atoms with Crippen molar-refractivity contribution in [3.63, 3.8) is 0 Å². The van der Waals surface area contributed by atoms with Crippen LogP contribution in [0.25, 0.3) is 31.4 Å². The molecule has 2 aromatic heterocycles. The fourth-order valence-electron chi connectivity index (χ4n) is 3.23. The van der Waals surface area contributed by atoms with E-state index in [9.17, 15) is 4.79 Å². The Morgan fingerprint density at radius 3 is 2.86 bits per heavy atom. The van der Waals surface area contributed by atoms with E-state index in [2.05, 4.69) is 32.7 Å². The van der Waals surface area contributed by atoms with Crippen molar-refractivity contribution < 1.29 is 9.53 Å². The molecule has 4 rings (SSSR count). The fourth-order valence-corrected chi connectivity index (χ4v) is 4.33. The molecule has 2 heterocycles. The number of thiophene rings is 1. The van der Waals surface area contributed by atoms with Crippen LogP contribution in [-0.4, -0.2) is 35.8 Å². The summed E-state index contributed by atoms with van der Waals surface area (Å²) in [5, 5.41) is 6.76. The number of nitrogens with zero attached hydrogens (tertiary/aromatic N) is 2. The molecule has 0 aliphatic carbocycles. The molecule has 7 nitrogen and oxygen atoms in total. The highest BCUT2D eigenvalue weighted by Gasteiger charge is 2.11. The number of anilines is 2. The first-order valence-electron chi connectivity index (χ1n) is 9.15. The third-order valence-electron chi connectivity index (χ3n) is 4.53. The average molecular weight is 407 g/mol. The molecule has 0 aliphatic rings. The molecule has 0 bridgehead atoms. The molecule has 2 aromatic carbocycles. The number of methoxy groups -OCH3 is 1. The maximum Gasteiger partial charge on any atom is 0.319 e. The van der Waals surface area contributed by atoms with Gasteiger partial charge in [0.25, 0.3) is 0 Å². The van der Waals surface area contributed by atoms with Gasteiger partial charge in [-0.1, -0.05) is 24.3 Å². The van der Waals surface area contributed by atoms with Crippen molar-refractivity contribution in [3.05, 3.63) is 48.8 Å². The topological polar surface area (TPSA) is 102 Å². The molecular weight excluding hydrogens is 386 g/mol. The highest BCUT2D eigenvalue weighted by atomic mass is 32.1. The summed E-state index contributed by atoms with van der Waals surface area (Å²) < 4.78 is 7.03. The van der Waals surface area contributed by atoms with Crippen molar-refractivity contribution in [3.8, 4) is 11.1 Å². The molecule has 148 valence electrons. The van der Waals surface area contributed by atoms with Gasteiger partial charge in [0.05, 0.1) is 22.9 Å². The van der Waals surface area contributed by atoms with Crippen molar-refractivity contribution in [2.45, 2.75) is 13.0 Å². The lowest BCUT2D eigenvalue weighted by molar-refractivity contribution is 0.173. The summed E-state index contributed by atoms with van der Waals surface area (Å²) in [7, 11) is 1.61. The van der Waals surface area contributed by atoms with E-state index in [0.717, 1.165) is 37.1 Å². The van der Waals surface area contributed by atoms with Crippen LogP contribution < -0.4 is 16.4 Å². The molecule has 0 radical (unpaired) electrons. The van der Waals surface area contributed by atoms with Crippen LogP contribution in [0, 0.1) is 0 Å². The number of nitrogen functional groups attached to an aromatic ring is 1. The lowest BCUT2D eigenvalue weighted by atomic mass is 10.0. The summed E-state index contributed by atoms with van der Waals surface area (Å²) in [5.74, 6) is 0.498. The number of benzene rings is 2. The maximum absolute atomic E-state index is 12.2. The largest absolute Gasteiger partial charge is 0.383 e.